The van der Waals surface area contributed by atoms with Crippen LogP contribution in [0.4, 0.5) is 0 Å². The quantitative estimate of drug-likeness (QED) is 0.720. The van der Waals surface area contributed by atoms with Gasteiger partial charge in [0, 0.05) is 12.4 Å². The van der Waals surface area contributed by atoms with Gasteiger partial charge in [0.15, 0.2) is 0 Å². The first-order valence-electron chi connectivity index (χ1n) is 6.07. The Kier molecular flexibility index (Phi) is 6.08. The van der Waals surface area contributed by atoms with Crippen molar-refractivity contribution >= 4 is 21.6 Å². The Morgan fingerprint density at radius 2 is 2.00 bits per heavy atom. The number of alkyl halides is 1. The third kappa shape index (κ3) is 5.51. The summed E-state index contributed by atoms with van der Waals surface area (Å²) in [4.78, 5) is 0. The second kappa shape index (κ2) is 6.82. The molecule has 1 saturated carbocycles. The molecule has 1 atom stereocenters. The van der Waals surface area contributed by atoms with E-state index in [1.165, 1.54) is 25.7 Å². The van der Waals surface area contributed by atoms with Crippen LogP contribution in [0.1, 0.15) is 39.0 Å². The molecule has 0 bridgehead atoms. The lowest BCUT2D eigenvalue weighted by Gasteiger charge is -2.12. The molecule has 0 aromatic heterocycles. The molecule has 3 nitrogen and oxygen atoms in total. The summed E-state index contributed by atoms with van der Waals surface area (Å²) in [6, 6.07) is 0. The van der Waals surface area contributed by atoms with Crippen molar-refractivity contribution in [1.82, 2.24) is 4.72 Å². The van der Waals surface area contributed by atoms with Crippen LogP contribution >= 0.6 is 11.6 Å². The van der Waals surface area contributed by atoms with Crippen LogP contribution in [0.15, 0.2) is 0 Å². The van der Waals surface area contributed by atoms with Crippen LogP contribution in [0.3, 0.4) is 0 Å². The average Bonchev–Trinajstić information content (AvgIpc) is 2.69. The van der Waals surface area contributed by atoms with Crippen LogP contribution in [0.5, 0.6) is 0 Å². The lowest BCUT2D eigenvalue weighted by Crippen LogP contribution is -2.31. The molecule has 5 heteroatoms. The zero-order valence-corrected chi connectivity index (χ0v) is 11.5. The third-order valence-corrected chi connectivity index (χ3v) is 5.30. The summed E-state index contributed by atoms with van der Waals surface area (Å²) in [5.74, 6) is 1.28. The van der Waals surface area contributed by atoms with Crippen LogP contribution in [0, 0.1) is 11.8 Å². The van der Waals surface area contributed by atoms with Crippen molar-refractivity contribution < 1.29 is 8.42 Å². The molecule has 0 amide bonds. The molecular weight excluding hydrogens is 246 g/mol. The van der Waals surface area contributed by atoms with Crippen molar-refractivity contribution in [2.45, 2.75) is 39.0 Å². The van der Waals surface area contributed by atoms with Crippen molar-refractivity contribution in [2.75, 3.05) is 18.2 Å². The third-order valence-electron chi connectivity index (χ3n) is 3.12. The normalized spacial score (nSPS) is 20.1. The molecule has 0 spiro atoms. The van der Waals surface area contributed by atoms with Crippen molar-refractivity contribution in [1.29, 1.82) is 0 Å². The maximum absolute atomic E-state index is 11.6. The van der Waals surface area contributed by atoms with Gasteiger partial charge >= 0.3 is 0 Å². The SMILES string of the molecule is CC(CCl)CS(=O)(=O)NCCC1CCCC1. The lowest BCUT2D eigenvalue weighted by atomic mass is 10.1. The van der Waals surface area contributed by atoms with Crippen LogP contribution in [0.25, 0.3) is 0 Å². The molecule has 1 rings (SSSR count). The molecule has 0 radical (unpaired) electrons. The summed E-state index contributed by atoms with van der Waals surface area (Å²) in [6.07, 6.45) is 6.12. The van der Waals surface area contributed by atoms with Crippen LogP contribution in [0.2, 0.25) is 0 Å². The molecule has 0 aromatic carbocycles. The zero-order chi connectivity index (χ0) is 12.0. The number of rotatable bonds is 7. The molecule has 0 saturated heterocycles. The first kappa shape index (κ1) is 14.3. The monoisotopic (exact) mass is 267 g/mol. The number of sulfonamides is 1. The van der Waals surface area contributed by atoms with E-state index in [2.05, 4.69) is 4.72 Å². The summed E-state index contributed by atoms with van der Waals surface area (Å²) in [6.45, 7) is 2.44. The highest BCUT2D eigenvalue weighted by molar-refractivity contribution is 7.89. The van der Waals surface area contributed by atoms with E-state index in [1.54, 1.807) is 0 Å². The summed E-state index contributed by atoms with van der Waals surface area (Å²) >= 11 is 5.60. The van der Waals surface area contributed by atoms with Gasteiger partial charge < -0.3 is 0 Å². The molecule has 16 heavy (non-hydrogen) atoms. The van der Waals surface area contributed by atoms with Crippen LogP contribution < -0.4 is 4.72 Å². The minimum Gasteiger partial charge on any atom is -0.215 e. The second-order valence-electron chi connectivity index (χ2n) is 4.87. The highest BCUT2D eigenvalue weighted by Gasteiger charge is 2.17. The number of hydrogen-bond donors (Lipinski definition) is 1. The standard InChI is InChI=1S/C11H22ClNO2S/c1-10(8-12)9-16(14,15)13-7-6-11-4-2-3-5-11/h10-11,13H,2-9H2,1H3. The summed E-state index contributed by atoms with van der Waals surface area (Å²) < 4.78 is 25.9. The van der Waals surface area contributed by atoms with E-state index in [4.69, 9.17) is 11.6 Å². The molecule has 96 valence electrons. The van der Waals surface area contributed by atoms with Gasteiger partial charge in [-0.1, -0.05) is 32.6 Å². The molecule has 0 heterocycles. The van der Waals surface area contributed by atoms with Gasteiger partial charge in [-0.2, -0.15) is 0 Å². The first-order chi connectivity index (χ1) is 7.53. The lowest BCUT2D eigenvalue weighted by molar-refractivity contribution is 0.494. The van der Waals surface area contributed by atoms with Crippen molar-refractivity contribution in [3.8, 4) is 0 Å². The Bertz CT molecular complexity index is 286. The summed E-state index contributed by atoms with van der Waals surface area (Å²) in [5, 5.41) is 0. The molecule has 0 aliphatic heterocycles. The number of hydrogen-bond acceptors (Lipinski definition) is 2. The highest BCUT2D eigenvalue weighted by Crippen LogP contribution is 2.26. The molecule has 1 aliphatic rings. The van der Waals surface area contributed by atoms with Gasteiger partial charge in [0.25, 0.3) is 0 Å². The fourth-order valence-electron chi connectivity index (χ4n) is 2.20. The Labute approximate surface area is 104 Å². The van der Waals surface area contributed by atoms with E-state index in [-0.39, 0.29) is 11.7 Å². The highest BCUT2D eigenvalue weighted by atomic mass is 35.5. The van der Waals surface area contributed by atoms with Gasteiger partial charge in [-0.15, -0.1) is 11.6 Å². The van der Waals surface area contributed by atoms with Crippen molar-refractivity contribution in [2.24, 2.45) is 11.8 Å². The van der Waals surface area contributed by atoms with Crippen molar-refractivity contribution in [3.63, 3.8) is 0 Å². The minimum atomic E-state index is -3.12. The molecular formula is C11H22ClNO2S. The zero-order valence-electron chi connectivity index (χ0n) is 9.91. The van der Waals surface area contributed by atoms with Crippen LogP contribution in [-0.2, 0) is 10.0 Å². The largest absolute Gasteiger partial charge is 0.215 e. The van der Waals surface area contributed by atoms with Crippen LogP contribution in [-0.4, -0.2) is 26.6 Å². The topological polar surface area (TPSA) is 46.2 Å². The first-order valence-corrected chi connectivity index (χ1v) is 8.25. The predicted octanol–water partition coefficient (Wildman–Crippen LogP) is 2.36. The molecule has 1 fully saturated rings. The Balaban J connectivity index is 2.19. The Morgan fingerprint density at radius 3 is 2.56 bits per heavy atom. The van der Waals surface area contributed by atoms with Gasteiger partial charge in [-0.25, -0.2) is 13.1 Å². The van der Waals surface area contributed by atoms with Gasteiger partial charge in [0.2, 0.25) is 10.0 Å². The number of halogens is 1. The summed E-state index contributed by atoms with van der Waals surface area (Å²) in [5.41, 5.74) is 0. The van der Waals surface area contributed by atoms with Gasteiger partial charge in [-0.05, 0) is 18.3 Å². The second-order valence-corrected chi connectivity index (χ2v) is 7.03. The number of nitrogens with one attached hydrogen (secondary N) is 1. The summed E-state index contributed by atoms with van der Waals surface area (Å²) in [7, 11) is -3.12. The predicted molar refractivity (Wildman–Crippen MR) is 68.2 cm³/mol. The maximum Gasteiger partial charge on any atom is 0.211 e. The molecule has 1 unspecified atom stereocenters. The fourth-order valence-corrected chi connectivity index (χ4v) is 3.85. The van der Waals surface area contributed by atoms with E-state index in [1.807, 2.05) is 6.92 Å². The van der Waals surface area contributed by atoms with E-state index in [0.29, 0.717) is 12.4 Å². The van der Waals surface area contributed by atoms with E-state index in [9.17, 15) is 8.42 Å². The Morgan fingerprint density at radius 1 is 1.38 bits per heavy atom. The average molecular weight is 268 g/mol. The fraction of sp³-hybridized carbons (Fsp3) is 1.00. The van der Waals surface area contributed by atoms with Gasteiger partial charge in [0.1, 0.15) is 0 Å². The molecule has 0 aromatic rings. The Hall–Kier alpha value is 0.200. The molecule has 1 N–H and O–H groups in total. The van der Waals surface area contributed by atoms with E-state index < -0.39 is 10.0 Å². The minimum absolute atomic E-state index is 0.0191. The van der Waals surface area contributed by atoms with E-state index >= 15 is 0 Å². The van der Waals surface area contributed by atoms with E-state index in [0.717, 1.165) is 12.3 Å². The molecule has 1 aliphatic carbocycles. The van der Waals surface area contributed by atoms with Crippen molar-refractivity contribution in [3.05, 3.63) is 0 Å². The smallest absolute Gasteiger partial charge is 0.211 e. The maximum atomic E-state index is 11.6. The van der Waals surface area contributed by atoms with Gasteiger partial charge in [0.05, 0.1) is 5.75 Å². The van der Waals surface area contributed by atoms with Gasteiger partial charge in [-0.3, -0.25) is 0 Å².